The second-order valence-electron chi connectivity index (χ2n) is 8.63. The number of sulfone groups is 1. The number of nitrogens with zero attached hydrogens (tertiary/aromatic N) is 2. The summed E-state index contributed by atoms with van der Waals surface area (Å²) in [5.74, 6) is -1.67. The third kappa shape index (κ3) is 5.88. The quantitative estimate of drug-likeness (QED) is 0.509. The minimum atomic E-state index is -4.97. The summed E-state index contributed by atoms with van der Waals surface area (Å²) in [6, 6.07) is 5.91. The van der Waals surface area contributed by atoms with Crippen LogP contribution >= 0.6 is 0 Å². The first-order chi connectivity index (χ1) is 16.0. The highest BCUT2D eigenvalue weighted by molar-refractivity contribution is 7.92. The second kappa shape index (κ2) is 9.32. The Bertz CT molecular complexity index is 1170. The van der Waals surface area contributed by atoms with Gasteiger partial charge >= 0.3 is 12.5 Å². The number of piperidine rings is 1. The predicted octanol–water partition coefficient (Wildman–Crippen LogP) is 5.10. The van der Waals surface area contributed by atoms with Crippen LogP contribution < -0.4 is 4.74 Å². The lowest BCUT2D eigenvalue weighted by atomic mass is 9.85. The Balaban J connectivity index is 1.71. The fraction of sp³-hybridized carbons (Fsp3) is 0.455. The molecule has 0 aliphatic carbocycles. The van der Waals surface area contributed by atoms with Crippen molar-refractivity contribution in [1.82, 2.24) is 9.88 Å². The monoisotopic (exact) mass is 524 g/mol. The molecule has 2 aromatic rings. The van der Waals surface area contributed by atoms with E-state index in [-0.39, 0.29) is 36.5 Å². The molecule has 0 radical (unpaired) electrons. The third-order valence-corrected chi connectivity index (χ3v) is 8.71. The summed E-state index contributed by atoms with van der Waals surface area (Å²) in [7, 11) is -4.09. The van der Waals surface area contributed by atoms with E-state index in [1.54, 1.807) is 0 Å². The van der Waals surface area contributed by atoms with Crippen molar-refractivity contribution in [2.24, 2.45) is 5.92 Å². The van der Waals surface area contributed by atoms with Crippen molar-refractivity contribution < 1.29 is 44.3 Å². The molecule has 6 nitrogen and oxygen atoms in total. The average molecular weight is 524 g/mol. The summed E-state index contributed by atoms with van der Waals surface area (Å²) in [5, 5.41) is 0. The molecule has 13 heteroatoms. The first-order valence-electron chi connectivity index (χ1n) is 10.5. The van der Waals surface area contributed by atoms with Gasteiger partial charge in [-0.05, 0) is 62.9 Å². The SMILES string of the molecule is CC(C)(C1CCN(C(=O)c2ccc(C(F)(F)F)cn2)CC1)S(=O)(=O)c1cccc(OC(F)(F)F)c1. The highest BCUT2D eigenvalue weighted by Gasteiger charge is 2.44. The maximum Gasteiger partial charge on any atom is 0.573 e. The van der Waals surface area contributed by atoms with Crippen LogP contribution in [0.4, 0.5) is 26.3 Å². The number of carbonyl (C=O) groups excluding carboxylic acids is 1. The Hall–Kier alpha value is -2.83. The van der Waals surface area contributed by atoms with Gasteiger partial charge in [0.1, 0.15) is 11.4 Å². The molecule has 3 rings (SSSR count). The first kappa shape index (κ1) is 26.8. The van der Waals surface area contributed by atoms with Crippen molar-refractivity contribution in [1.29, 1.82) is 0 Å². The Labute approximate surface area is 197 Å². The minimum Gasteiger partial charge on any atom is -0.406 e. The largest absolute Gasteiger partial charge is 0.573 e. The number of hydrogen-bond acceptors (Lipinski definition) is 5. The number of pyridine rings is 1. The van der Waals surface area contributed by atoms with Gasteiger partial charge in [0, 0.05) is 19.3 Å². The van der Waals surface area contributed by atoms with Crippen LogP contribution in [0.1, 0.15) is 42.7 Å². The Morgan fingerprint density at radius 1 is 1.03 bits per heavy atom. The average Bonchev–Trinajstić information content (AvgIpc) is 2.77. The van der Waals surface area contributed by atoms with Crippen molar-refractivity contribution in [2.75, 3.05) is 13.1 Å². The van der Waals surface area contributed by atoms with Gasteiger partial charge in [0.05, 0.1) is 15.2 Å². The van der Waals surface area contributed by atoms with E-state index in [1.807, 2.05) is 0 Å². The summed E-state index contributed by atoms with van der Waals surface area (Å²) in [6.45, 7) is 3.23. The minimum absolute atomic E-state index is 0.141. The van der Waals surface area contributed by atoms with E-state index in [1.165, 1.54) is 24.8 Å². The number of aromatic nitrogens is 1. The maximum absolute atomic E-state index is 13.3. The topological polar surface area (TPSA) is 76.6 Å². The number of hydrogen-bond donors (Lipinski definition) is 0. The summed E-state index contributed by atoms with van der Waals surface area (Å²) >= 11 is 0. The molecule has 1 aliphatic heterocycles. The standard InChI is InChI=1S/C22H22F6N2O4S/c1-20(2,35(32,33)17-5-3-4-16(12-17)34-22(26,27)28)14-8-10-30(11-9-14)19(31)18-7-6-15(13-29-18)21(23,24)25/h3-7,12-14H,8-11H2,1-2H3. The number of amides is 1. The number of halogens is 6. The van der Waals surface area contributed by atoms with Gasteiger partial charge in [0.2, 0.25) is 0 Å². The van der Waals surface area contributed by atoms with Crippen molar-refractivity contribution in [3.8, 4) is 5.75 Å². The van der Waals surface area contributed by atoms with Crippen LogP contribution in [0.2, 0.25) is 0 Å². The molecule has 0 bridgehead atoms. The number of benzene rings is 1. The molecule has 0 N–H and O–H groups in total. The van der Waals surface area contributed by atoms with Crippen molar-refractivity contribution in [3.05, 3.63) is 53.9 Å². The van der Waals surface area contributed by atoms with Crippen LogP contribution in [-0.4, -0.2) is 48.4 Å². The molecule has 35 heavy (non-hydrogen) atoms. The van der Waals surface area contributed by atoms with Crippen molar-refractivity contribution in [2.45, 2.75) is 48.9 Å². The van der Waals surface area contributed by atoms with Gasteiger partial charge < -0.3 is 9.64 Å². The molecule has 0 spiro atoms. The van der Waals surface area contributed by atoms with Crippen LogP contribution in [0.25, 0.3) is 0 Å². The number of rotatable bonds is 5. The Morgan fingerprint density at radius 3 is 2.17 bits per heavy atom. The van der Waals surface area contributed by atoms with Gasteiger partial charge in [-0.1, -0.05) is 6.07 Å². The maximum atomic E-state index is 13.3. The molecule has 1 aromatic carbocycles. The van der Waals surface area contributed by atoms with Crippen LogP contribution in [0.3, 0.4) is 0 Å². The van der Waals surface area contributed by atoms with Gasteiger partial charge in [0.25, 0.3) is 5.91 Å². The van der Waals surface area contributed by atoms with Gasteiger partial charge in [-0.2, -0.15) is 13.2 Å². The fourth-order valence-electron chi connectivity index (χ4n) is 3.99. The second-order valence-corrected chi connectivity index (χ2v) is 11.2. The molecule has 0 unspecified atom stereocenters. The smallest absolute Gasteiger partial charge is 0.406 e. The molecule has 0 saturated carbocycles. The highest BCUT2D eigenvalue weighted by atomic mass is 32.2. The number of alkyl halides is 6. The zero-order valence-electron chi connectivity index (χ0n) is 18.7. The van der Waals surface area contributed by atoms with E-state index in [4.69, 9.17) is 0 Å². The molecular weight excluding hydrogens is 502 g/mol. The Morgan fingerprint density at radius 2 is 1.66 bits per heavy atom. The third-order valence-electron chi connectivity index (χ3n) is 6.12. The Kier molecular flexibility index (Phi) is 7.13. The van der Waals surface area contributed by atoms with Gasteiger partial charge in [-0.3, -0.25) is 9.78 Å². The van der Waals surface area contributed by atoms with Gasteiger partial charge in [-0.25, -0.2) is 8.42 Å². The zero-order valence-corrected chi connectivity index (χ0v) is 19.5. The van der Waals surface area contributed by atoms with E-state index < -0.39 is 50.3 Å². The van der Waals surface area contributed by atoms with E-state index in [0.29, 0.717) is 6.20 Å². The van der Waals surface area contributed by atoms with E-state index >= 15 is 0 Å². The van der Waals surface area contributed by atoms with E-state index in [9.17, 15) is 39.6 Å². The van der Waals surface area contributed by atoms with E-state index in [2.05, 4.69) is 9.72 Å². The normalized spacial score (nSPS) is 16.3. The molecule has 192 valence electrons. The number of ether oxygens (including phenoxy) is 1. The molecular formula is C22H22F6N2O4S. The van der Waals surface area contributed by atoms with Gasteiger partial charge in [0.15, 0.2) is 9.84 Å². The lowest BCUT2D eigenvalue weighted by Crippen LogP contribution is -2.47. The fourth-order valence-corrected chi connectivity index (χ4v) is 5.80. The lowest BCUT2D eigenvalue weighted by Gasteiger charge is -2.40. The molecule has 1 amide bonds. The summed E-state index contributed by atoms with van der Waals surface area (Å²) < 4.78 is 105. The summed E-state index contributed by atoms with van der Waals surface area (Å²) in [5.41, 5.74) is -1.14. The highest BCUT2D eigenvalue weighted by Crippen LogP contribution is 2.39. The van der Waals surface area contributed by atoms with Crippen molar-refractivity contribution >= 4 is 15.7 Å². The van der Waals surface area contributed by atoms with Crippen LogP contribution in [0.5, 0.6) is 5.75 Å². The lowest BCUT2D eigenvalue weighted by molar-refractivity contribution is -0.274. The summed E-state index contributed by atoms with van der Waals surface area (Å²) in [6.07, 6.45) is -8.46. The van der Waals surface area contributed by atoms with Crippen LogP contribution in [0, 0.1) is 5.92 Å². The summed E-state index contributed by atoms with van der Waals surface area (Å²) in [4.78, 5) is 17.3. The first-order valence-corrected chi connectivity index (χ1v) is 11.9. The predicted molar refractivity (Wildman–Crippen MR) is 112 cm³/mol. The van der Waals surface area contributed by atoms with Crippen LogP contribution in [-0.2, 0) is 16.0 Å². The molecule has 1 saturated heterocycles. The molecule has 2 heterocycles. The van der Waals surface area contributed by atoms with E-state index in [0.717, 1.165) is 30.3 Å². The number of likely N-dealkylation sites (tertiary alicyclic amines) is 1. The number of carbonyl (C=O) groups is 1. The molecule has 1 fully saturated rings. The molecule has 1 aliphatic rings. The zero-order chi connectivity index (χ0) is 26.2. The van der Waals surface area contributed by atoms with Crippen molar-refractivity contribution in [3.63, 3.8) is 0 Å². The molecule has 0 atom stereocenters. The molecule has 1 aromatic heterocycles. The van der Waals surface area contributed by atoms with Crippen LogP contribution in [0.15, 0.2) is 47.5 Å². The van der Waals surface area contributed by atoms with Gasteiger partial charge in [-0.15, -0.1) is 13.2 Å².